The number of carbonyl (C=O) groups is 3. The molecule has 1 fully saturated rings. The van der Waals surface area contributed by atoms with Crippen molar-refractivity contribution in [3.8, 4) is 11.5 Å². The molecule has 3 rings (SSSR count). The molecule has 8 nitrogen and oxygen atoms in total. The summed E-state index contributed by atoms with van der Waals surface area (Å²) >= 11 is 0. The summed E-state index contributed by atoms with van der Waals surface area (Å²) in [7, 11) is 0. The van der Waals surface area contributed by atoms with E-state index in [1.54, 1.807) is 18.2 Å². The Morgan fingerprint density at radius 2 is 1.75 bits per heavy atom. The van der Waals surface area contributed by atoms with Gasteiger partial charge in [0.2, 0.25) is 18.6 Å². The van der Waals surface area contributed by atoms with E-state index < -0.39 is 6.04 Å². The number of hydrogen-bond acceptors (Lipinski definition) is 5. The Morgan fingerprint density at radius 3 is 2.41 bits per heavy atom. The fourth-order valence-corrected chi connectivity index (χ4v) is 4.06. The Hall–Kier alpha value is -2.77. The van der Waals surface area contributed by atoms with Gasteiger partial charge >= 0.3 is 0 Å². The van der Waals surface area contributed by atoms with Gasteiger partial charge in [-0.2, -0.15) is 0 Å². The normalized spacial score (nSPS) is 17.7. The lowest BCUT2D eigenvalue weighted by molar-refractivity contribution is -0.133. The largest absolute Gasteiger partial charge is 0.454 e. The summed E-state index contributed by atoms with van der Waals surface area (Å²) in [5.74, 6) is 1.05. The fraction of sp³-hybridized carbons (Fsp3) is 0.625. The summed E-state index contributed by atoms with van der Waals surface area (Å²) in [5.41, 5.74) is 0.417. The van der Waals surface area contributed by atoms with E-state index in [1.165, 1.54) is 0 Å². The fourth-order valence-electron chi connectivity index (χ4n) is 4.06. The summed E-state index contributed by atoms with van der Waals surface area (Å²) in [5, 5.41) is 5.96. The van der Waals surface area contributed by atoms with Gasteiger partial charge in [0.05, 0.1) is 0 Å². The van der Waals surface area contributed by atoms with Crippen molar-refractivity contribution >= 4 is 17.7 Å². The molecule has 1 aromatic carbocycles. The SMILES string of the molecule is CC[C@H](C)NC(=O)[C@@H](NC(=O)c1ccc2c(c1)OCO2)C1CCN(C(=O)CC(C)C)CC1. The predicted molar refractivity (Wildman–Crippen MR) is 120 cm³/mol. The highest BCUT2D eigenvalue weighted by molar-refractivity contribution is 5.98. The first-order chi connectivity index (χ1) is 15.3. The molecule has 0 aromatic heterocycles. The molecule has 0 radical (unpaired) electrons. The summed E-state index contributed by atoms with van der Waals surface area (Å²) in [6.07, 6.45) is 2.67. The smallest absolute Gasteiger partial charge is 0.252 e. The van der Waals surface area contributed by atoms with Crippen LogP contribution in [0.15, 0.2) is 18.2 Å². The third-order valence-electron chi connectivity index (χ3n) is 6.15. The average molecular weight is 446 g/mol. The Kier molecular flexibility index (Phi) is 7.99. The number of nitrogens with zero attached hydrogens (tertiary/aromatic N) is 1. The van der Waals surface area contributed by atoms with E-state index in [4.69, 9.17) is 9.47 Å². The standard InChI is InChI=1S/C24H35N3O5/c1-5-16(4)25-24(30)22(17-8-10-27(11-9-17)21(28)12-15(2)3)26-23(29)18-6-7-19-20(13-18)32-14-31-19/h6-7,13,15-17,22H,5,8-12,14H2,1-4H3,(H,25,30)(H,26,29)/t16-,22-/m0/s1. The number of benzene rings is 1. The number of carbonyl (C=O) groups excluding carboxylic acids is 3. The Labute approximate surface area is 190 Å². The van der Waals surface area contributed by atoms with Crippen LogP contribution in [0.1, 0.15) is 63.7 Å². The molecule has 2 heterocycles. The van der Waals surface area contributed by atoms with E-state index in [9.17, 15) is 14.4 Å². The summed E-state index contributed by atoms with van der Waals surface area (Å²) in [6.45, 7) is 9.35. The minimum Gasteiger partial charge on any atom is -0.454 e. The van der Waals surface area contributed by atoms with E-state index in [0.29, 0.717) is 55.3 Å². The maximum atomic E-state index is 13.1. The van der Waals surface area contributed by atoms with Crippen LogP contribution in [0.5, 0.6) is 11.5 Å². The maximum Gasteiger partial charge on any atom is 0.252 e. The van der Waals surface area contributed by atoms with Crippen molar-refractivity contribution in [1.29, 1.82) is 0 Å². The molecule has 2 N–H and O–H groups in total. The van der Waals surface area contributed by atoms with E-state index in [-0.39, 0.29) is 36.5 Å². The van der Waals surface area contributed by atoms with Crippen LogP contribution in [-0.2, 0) is 9.59 Å². The van der Waals surface area contributed by atoms with Crippen LogP contribution in [0.25, 0.3) is 0 Å². The first-order valence-corrected chi connectivity index (χ1v) is 11.6. The number of amides is 3. The molecule has 8 heteroatoms. The molecule has 1 aromatic rings. The zero-order valence-corrected chi connectivity index (χ0v) is 19.5. The third-order valence-corrected chi connectivity index (χ3v) is 6.15. The first kappa shape index (κ1) is 23.9. The molecule has 0 saturated carbocycles. The maximum absolute atomic E-state index is 13.1. The number of fused-ring (bicyclic) bond motifs is 1. The molecule has 1 saturated heterocycles. The van der Waals surface area contributed by atoms with Gasteiger partial charge in [0.25, 0.3) is 5.91 Å². The molecule has 176 valence electrons. The zero-order valence-electron chi connectivity index (χ0n) is 19.5. The average Bonchev–Trinajstić information content (AvgIpc) is 3.24. The van der Waals surface area contributed by atoms with Crippen LogP contribution < -0.4 is 20.1 Å². The number of hydrogen-bond donors (Lipinski definition) is 2. The van der Waals surface area contributed by atoms with Gasteiger partial charge in [0.15, 0.2) is 11.5 Å². The van der Waals surface area contributed by atoms with E-state index in [1.807, 2.05) is 32.6 Å². The van der Waals surface area contributed by atoms with E-state index >= 15 is 0 Å². The van der Waals surface area contributed by atoms with Crippen molar-refractivity contribution in [3.05, 3.63) is 23.8 Å². The molecular formula is C24H35N3O5. The van der Waals surface area contributed by atoms with Gasteiger partial charge in [0.1, 0.15) is 6.04 Å². The van der Waals surface area contributed by atoms with Crippen molar-refractivity contribution in [2.24, 2.45) is 11.8 Å². The minimum absolute atomic E-state index is 0.0140. The highest BCUT2D eigenvalue weighted by atomic mass is 16.7. The lowest BCUT2D eigenvalue weighted by atomic mass is 9.88. The van der Waals surface area contributed by atoms with Crippen molar-refractivity contribution < 1.29 is 23.9 Å². The zero-order chi connectivity index (χ0) is 23.3. The number of nitrogens with one attached hydrogen (secondary N) is 2. The second-order valence-corrected chi connectivity index (χ2v) is 9.15. The van der Waals surface area contributed by atoms with Crippen LogP contribution in [0, 0.1) is 11.8 Å². The molecule has 0 bridgehead atoms. The van der Waals surface area contributed by atoms with Crippen molar-refractivity contribution in [1.82, 2.24) is 15.5 Å². The van der Waals surface area contributed by atoms with Crippen LogP contribution in [-0.4, -0.2) is 54.6 Å². The molecule has 0 unspecified atom stereocenters. The number of piperidine rings is 1. The van der Waals surface area contributed by atoms with Gasteiger partial charge < -0.3 is 25.0 Å². The van der Waals surface area contributed by atoms with E-state index in [2.05, 4.69) is 10.6 Å². The molecular weight excluding hydrogens is 410 g/mol. The highest BCUT2D eigenvalue weighted by Crippen LogP contribution is 2.32. The van der Waals surface area contributed by atoms with E-state index in [0.717, 1.165) is 6.42 Å². The lowest BCUT2D eigenvalue weighted by Gasteiger charge is -2.36. The van der Waals surface area contributed by atoms with Crippen LogP contribution in [0.3, 0.4) is 0 Å². The molecule has 3 amide bonds. The van der Waals surface area contributed by atoms with Crippen molar-refractivity contribution in [2.75, 3.05) is 19.9 Å². The van der Waals surface area contributed by atoms with Gasteiger partial charge in [-0.25, -0.2) is 0 Å². The van der Waals surface area contributed by atoms with Gasteiger partial charge in [-0.05, 0) is 56.2 Å². The number of ether oxygens (including phenoxy) is 2. The molecule has 2 aliphatic heterocycles. The Bertz CT molecular complexity index is 833. The van der Waals surface area contributed by atoms with Crippen LogP contribution >= 0.6 is 0 Å². The third kappa shape index (κ3) is 5.93. The summed E-state index contributed by atoms with van der Waals surface area (Å²) in [4.78, 5) is 40.4. The predicted octanol–water partition coefficient (Wildman–Crippen LogP) is 2.71. The second kappa shape index (κ2) is 10.7. The molecule has 32 heavy (non-hydrogen) atoms. The molecule has 2 aliphatic rings. The summed E-state index contributed by atoms with van der Waals surface area (Å²) in [6, 6.07) is 4.35. The van der Waals surface area contributed by atoms with Crippen molar-refractivity contribution in [2.45, 2.75) is 65.5 Å². The lowest BCUT2D eigenvalue weighted by Crippen LogP contribution is -2.55. The number of rotatable bonds is 8. The highest BCUT2D eigenvalue weighted by Gasteiger charge is 2.34. The topological polar surface area (TPSA) is 97.0 Å². The second-order valence-electron chi connectivity index (χ2n) is 9.15. The minimum atomic E-state index is -0.663. The van der Waals surface area contributed by atoms with Gasteiger partial charge in [0, 0.05) is 31.1 Å². The van der Waals surface area contributed by atoms with Gasteiger partial charge in [-0.1, -0.05) is 20.8 Å². The summed E-state index contributed by atoms with van der Waals surface area (Å²) < 4.78 is 10.7. The Balaban J connectivity index is 1.69. The first-order valence-electron chi connectivity index (χ1n) is 11.6. The van der Waals surface area contributed by atoms with Crippen LogP contribution in [0.2, 0.25) is 0 Å². The van der Waals surface area contributed by atoms with Crippen molar-refractivity contribution in [3.63, 3.8) is 0 Å². The molecule has 0 aliphatic carbocycles. The van der Waals surface area contributed by atoms with Gasteiger partial charge in [-0.3, -0.25) is 14.4 Å². The Morgan fingerprint density at radius 1 is 1.06 bits per heavy atom. The van der Waals surface area contributed by atoms with Crippen LogP contribution in [0.4, 0.5) is 0 Å². The molecule has 0 spiro atoms. The van der Waals surface area contributed by atoms with Gasteiger partial charge in [-0.15, -0.1) is 0 Å². The molecule has 2 atom stereocenters. The quantitative estimate of drug-likeness (QED) is 0.641. The monoisotopic (exact) mass is 445 g/mol. The number of likely N-dealkylation sites (tertiary alicyclic amines) is 1.